The van der Waals surface area contributed by atoms with Gasteiger partial charge in [-0.15, -0.1) is 0 Å². The van der Waals surface area contributed by atoms with E-state index < -0.39 is 11.9 Å². The predicted molar refractivity (Wildman–Crippen MR) is 257 cm³/mol. The van der Waals surface area contributed by atoms with Gasteiger partial charge in [-0.1, -0.05) is 18.2 Å². The Bertz CT molecular complexity index is 3370. The zero-order chi connectivity index (χ0) is 46.0. The van der Waals surface area contributed by atoms with Gasteiger partial charge in [-0.3, -0.25) is 0 Å². The zero-order valence-electron chi connectivity index (χ0n) is 36.3. The maximum atomic E-state index is 12.2. The zero-order valence-corrected chi connectivity index (χ0v) is 38.0. The summed E-state index contributed by atoms with van der Waals surface area (Å²) in [7, 11) is 15.6. The van der Waals surface area contributed by atoms with Crippen molar-refractivity contribution in [3.05, 3.63) is 131 Å². The SMILES string of the molecule is CN(C)c1ccc2c(-c3ccc(N=C=S)cc3C(=O)[O-])c3ccc(=[N+](C)C)cc-3oc2c1.CN(C)c1ccc2c(-c3cccc(N=C=S)c3C(=O)[O-])c3ccc(=[N+](C)C)cc-3oc2c1. The number of carboxylic acid groups (broad SMARTS) is 2. The number of hydrogen-bond donors (Lipinski definition) is 0. The Balaban J connectivity index is 0.000000191. The topological polar surface area (TPSA) is 144 Å². The van der Waals surface area contributed by atoms with Gasteiger partial charge in [-0.25, -0.2) is 9.15 Å². The molecule has 2 aliphatic heterocycles. The Morgan fingerprint density at radius 3 is 1.53 bits per heavy atom. The summed E-state index contributed by atoms with van der Waals surface area (Å²) < 4.78 is 16.6. The van der Waals surface area contributed by atoms with Gasteiger partial charge in [0.25, 0.3) is 0 Å². The van der Waals surface area contributed by atoms with Crippen molar-refractivity contribution in [3.8, 4) is 44.9 Å². The molecule has 0 atom stereocenters. The van der Waals surface area contributed by atoms with Crippen LogP contribution in [-0.2, 0) is 0 Å². The summed E-state index contributed by atoms with van der Waals surface area (Å²) in [5.41, 5.74) is 7.92. The number of isothiocyanates is 2. The summed E-state index contributed by atoms with van der Waals surface area (Å²) in [5.74, 6) is -1.33. The lowest BCUT2D eigenvalue weighted by Crippen LogP contribution is -2.23. The molecule has 0 aromatic heterocycles. The molecular weight excluding hydrogens is 845 g/mol. The molecule has 0 saturated carbocycles. The number of carbonyl (C=O) groups excluding carboxylic acids is 2. The Labute approximate surface area is 379 Å². The summed E-state index contributed by atoms with van der Waals surface area (Å²) in [4.78, 5) is 36.1. The molecule has 64 heavy (non-hydrogen) atoms. The van der Waals surface area contributed by atoms with E-state index in [-0.39, 0.29) is 16.8 Å². The van der Waals surface area contributed by atoms with Crippen molar-refractivity contribution < 1.29 is 28.6 Å². The molecule has 0 radical (unpaired) electrons. The van der Waals surface area contributed by atoms with Crippen molar-refractivity contribution in [2.24, 2.45) is 9.98 Å². The number of rotatable bonds is 8. The van der Waals surface area contributed by atoms with E-state index in [4.69, 9.17) is 21.1 Å². The standard InChI is InChI=1S/2C25H21N3O3S/c1-27(2)16-6-9-19-22(12-16)31-23-13-17(28(3)4)7-10-20(23)24(19)18-8-5-15(26-14-32)11-21(18)25(29)30;1-27(2)15-8-10-17-21(12-15)31-22-13-16(28(3)4)9-11-18(22)23(17)19-6-5-7-20(26-14-32)24(19)25(29)30/h2*5-13H,1-4H3. The maximum Gasteiger partial charge on any atom is 0.203 e. The molecule has 0 N–H and O–H groups in total. The van der Waals surface area contributed by atoms with Crippen LogP contribution in [0.3, 0.4) is 0 Å². The van der Waals surface area contributed by atoms with Gasteiger partial charge in [0.1, 0.15) is 50.9 Å². The number of carboxylic acids is 2. The highest BCUT2D eigenvalue weighted by atomic mass is 32.1. The largest absolute Gasteiger partial charge is 0.545 e. The molecule has 4 aliphatic rings. The van der Waals surface area contributed by atoms with Crippen LogP contribution in [-0.4, -0.2) is 78.6 Å². The predicted octanol–water partition coefficient (Wildman–Crippen LogP) is 6.80. The van der Waals surface area contributed by atoms with Gasteiger partial charge < -0.3 is 38.4 Å². The quantitative estimate of drug-likeness (QED) is 0.0692. The van der Waals surface area contributed by atoms with Crippen LogP contribution >= 0.6 is 24.4 Å². The highest BCUT2D eigenvalue weighted by molar-refractivity contribution is 7.78. The van der Waals surface area contributed by atoms with Gasteiger partial charge in [0.05, 0.1) is 45.8 Å². The number of hydrogen-bond acceptors (Lipinski definition) is 12. The van der Waals surface area contributed by atoms with Crippen LogP contribution < -0.4 is 39.9 Å². The Hall–Kier alpha value is -7.60. The van der Waals surface area contributed by atoms with Gasteiger partial charge in [0.2, 0.25) is 10.7 Å². The molecule has 14 heteroatoms. The van der Waals surface area contributed by atoms with Crippen LogP contribution in [0.25, 0.3) is 66.8 Å². The summed E-state index contributed by atoms with van der Waals surface area (Å²) in [6.07, 6.45) is 0. The minimum absolute atomic E-state index is 0.0265. The molecule has 0 unspecified atom stereocenters. The highest BCUT2D eigenvalue weighted by Crippen LogP contribution is 2.44. The van der Waals surface area contributed by atoms with E-state index in [9.17, 15) is 19.8 Å². The van der Waals surface area contributed by atoms with Crippen LogP contribution in [0.15, 0.2) is 128 Å². The number of carbonyl (C=O) groups is 2. The average Bonchev–Trinajstić information content (AvgIpc) is 3.26. The number of nitrogens with zero attached hydrogens (tertiary/aromatic N) is 6. The summed E-state index contributed by atoms with van der Waals surface area (Å²) in [6.45, 7) is 0. The lowest BCUT2D eigenvalue weighted by Gasteiger charge is -2.20. The second kappa shape index (κ2) is 18.4. The molecule has 8 rings (SSSR count). The number of anilines is 2. The first kappa shape index (κ1) is 44.5. The number of aromatic carboxylic acids is 2. The van der Waals surface area contributed by atoms with Crippen molar-refractivity contribution in [1.29, 1.82) is 0 Å². The van der Waals surface area contributed by atoms with Crippen molar-refractivity contribution in [2.45, 2.75) is 0 Å². The summed E-state index contributed by atoms with van der Waals surface area (Å²) in [6, 6.07) is 33.4. The maximum absolute atomic E-state index is 12.2. The fourth-order valence-electron chi connectivity index (χ4n) is 7.57. The van der Waals surface area contributed by atoms with Crippen molar-refractivity contribution in [1.82, 2.24) is 9.15 Å². The molecule has 4 aromatic carbocycles. The van der Waals surface area contributed by atoms with Crippen molar-refractivity contribution >= 4 is 91.4 Å². The lowest BCUT2D eigenvalue weighted by molar-refractivity contribution is -0.256. The normalized spacial score (nSPS) is 10.8. The fourth-order valence-corrected chi connectivity index (χ4v) is 7.78. The first-order chi connectivity index (χ1) is 30.6. The van der Waals surface area contributed by atoms with Crippen LogP contribution in [0.4, 0.5) is 22.7 Å². The molecular formula is C50H42N6O6S2. The second-order valence-electron chi connectivity index (χ2n) is 15.7. The third-order valence-corrected chi connectivity index (χ3v) is 11.0. The first-order valence-corrected chi connectivity index (χ1v) is 20.7. The van der Waals surface area contributed by atoms with Crippen LogP contribution in [0, 0.1) is 0 Å². The number of aliphatic imine (C=N–C) groups is 2. The molecule has 2 heterocycles. The molecule has 0 amide bonds. The van der Waals surface area contributed by atoms with E-state index in [0.29, 0.717) is 39.5 Å². The molecule has 320 valence electrons. The summed E-state index contributed by atoms with van der Waals surface area (Å²) in [5, 5.41) is 32.3. The monoisotopic (exact) mass is 886 g/mol. The Morgan fingerprint density at radius 1 is 0.578 bits per heavy atom. The van der Waals surface area contributed by atoms with Gasteiger partial charge in [0, 0.05) is 108 Å². The van der Waals surface area contributed by atoms with E-state index in [2.05, 4.69) is 32.5 Å². The molecule has 2 aliphatic carbocycles. The lowest BCUT2D eigenvalue weighted by atomic mass is 9.90. The molecule has 0 saturated heterocycles. The average molecular weight is 887 g/mol. The van der Waals surface area contributed by atoms with Crippen LogP contribution in [0.1, 0.15) is 20.7 Å². The minimum Gasteiger partial charge on any atom is -0.545 e. The van der Waals surface area contributed by atoms with E-state index in [1.165, 1.54) is 6.07 Å². The summed E-state index contributed by atoms with van der Waals surface area (Å²) >= 11 is 9.38. The van der Waals surface area contributed by atoms with Crippen molar-refractivity contribution in [2.75, 3.05) is 66.2 Å². The third-order valence-electron chi connectivity index (χ3n) is 10.8. The molecule has 12 nitrogen and oxygen atoms in total. The number of thiocarbonyl (C=S) groups is 2. The van der Waals surface area contributed by atoms with Gasteiger partial charge in [-0.2, -0.15) is 9.98 Å². The molecule has 4 aromatic rings. The van der Waals surface area contributed by atoms with Gasteiger partial charge in [0.15, 0.2) is 0 Å². The first-order valence-electron chi connectivity index (χ1n) is 19.8. The fraction of sp³-hybridized carbons (Fsp3) is 0.160. The Kier molecular flexibility index (Phi) is 12.8. The molecule has 0 bridgehead atoms. The highest BCUT2D eigenvalue weighted by Gasteiger charge is 2.23. The van der Waals surface area contributed by atoms with E-state index in [0.717, 1.165) is 55.1 Å². The van der Waals surface area contributed by atoms with Crippen LogP contribution in [0.5, 0.6) is 0 Å². The van der Waals surface area contributed by atoms with E-state index in [1.54, 1.807) is 30.3 Å². The third kappa shape index (κ3) is 8.72. The van der Waals surface area contributed by atoms with E-state index in [1.807, 2.05) is 148 Å². The van der Waals surface area contributed by atoms with E-state index >= 15 is 0 Å². The van der Waals surface area contributed by atoms with Gasteiger partial charge >= 0.3 is 0 Å². The van der Waals surface area contributed by atoms with Crippen LogP contribution in [0.2, 0.25) is 0 Å². The minimum atomic E-state index is -1.33. The number of fused-ring (bicyclic) bond motifs is 4. The number of benzene rings is 6. The molecule has 0 fully saturated rings. The van der Waals surface area contributed by atoms with Crippen molar-refractivity contribution in [3.63, 3.8) is 0 Å². The van der Waals surface area contributed by atoms with Gasteiger partial charge in [-0.05, 0) is 90.2 Å². The molecule has 0 spiro atoms. The second-order valence-corrected chi connectivity index (χ2v) is 16.0. The smallest absolute Gasteiger partial charge is 0.203 e. The Morgan fingerprint density at radius 2 is 1.08 bits per heavy atom.